The molecule has 2 rings (SSSR count). The molecule has 1 atom stereocenters. The molecule has 0 aromatic carbocycles. The first kappa shape index (κ1) is 12.2. The first-order valence-corrected chi connectivity index (χ1v) is 7.42. The van der Waals surface area contributed by atoms with Crippen molar-refractivity contribution in [2.75, 3.05) is 51.3 Å². The fraction of sp³-hybridized carbons (Fsp3) is 0.909. The van der Waals surface area contributed by atoms with Crippen LogP contribution in [0.15, 0.2) is 0 Å². The van der Waals surface area contributed by atoms with Crippen molar-refractivity contribution >= 4 is 17.7 Å². The summed E-state index contributed by atoms with van der Waals surface area (Å²) in [5.41, 5.74) is 0. The van der Waals surface area contributed by atoms with Crippen LogP contribution in [0.1, 0.15) is 6.42 Å². The first-order valence-electron chi connectivity index (χ1n) is 6.02. The number of hydrogen-bond acceptors (Lipinski definition) is 4. The van der Waals surface area contributed by atoms with Gasteiger partial charge in [0.05, 0.1) is 5.75 Å². The van der Waals surface area contributed by atoms with Crippen LogP contribution in [-0.2, 0) is 4.79 Å². The van der Waals surface area contributed by atoms with Crippen LogP contribution in [0.25, 0.3) is 0 Å². The highest BCUT2D eigenvalue weighted by Gasteiger charge is 2.30. The summed E-state index contributed by atoms with van der Waals surface area (Å²) < 4.78 is 0. The fourth-order valence-corrected chi connectivity index (χ4v) is 2.96. The Morgan fingerprint density at radius 3 is 2.81 bits per heavy atom. The third-order valence-electron chi connectivity index (χ3n) is 3.45. The quantitative estimate of drug-likeness (QED) is 0.748. The summed E-state index contributed by atoms with van der Waals surface area (Å²) in [6, 6.07) is 0.605. The van der Waals surface area contributed by atoms with Crippen molar-refractivity contribution in [3.63, 3.8) is 0 Å². The van der Waals surface area contributed by atoms with Gasteiger partial charge < -0.3 is 10.2 Å². The molecular weight excluding hydrogens is 222 g/mol. The lowest BCUT2D eigenvalue weighted by Gasteiger charge is -2.32. The number of carbonyl (C=O) groups excluding carboxylic acids is 1. The second-order valence-electron chi connectivity index (χ2n) is 4.50. The highest BCUT2D eigenvalue weighted by Crippen LogP contribution is 2.16. The molecule has 0 spiro atoms. The molecule has 4 nitrogen and oxygen atoms in total. The largest absolute Gasteiger partial charge is 0.340 e. The molecule has 1 N–H and O–H groups in total. The van der Waals surface area contributed by atoms with E-state index in [9.17, 15) is 4.79 Å². The molecule has 0 aromatic heterocycles. The Labute approximate surface area is 102 Å². The van der Waals surface area contributed by atoms with Crippen LogP contribution in [0.2, 0.25) is 0 Å². The lowest BCUT2D eigenvalue weighted by molar-refractivity contribution is -0.127. The summed E-state index contributed by atoms with van der Waals surface area (Å²) in [5, 5.41) is 3.37. The number of thioether (sulfide) groups is 1. The summed E-state index contributed by atoms with van der Waals surface area (Å²) in [6.07, 6.45) is 3.14. The molecule has 2 saturated heterocycles. The summed E-state index contributed by atoms with van der Waals surface area (Å²) in [6.45, 7) is 6.35. The van der Waals surface area contributed by atoms with E-state index in [-0.39, 0.29) is 0 Å². The van der Waals surface area contributed by atoms with Gasteiger partial charge in [-0.2, -0.15) is 11.8 Å². The minimum absolute atomic E-state index is 0.310. The average Bonchev–Trinajstić information content (AvgIpc) is 2.80. The molecular formula is C11H21N3OS. The van der Waals surface area contributed by atoms with Gasteiger partial charge in [-0.3, -0.25) is 9.69 Å². The number of nitrogens with one attached hydrogen (secondary N) is 1. The van der Waals surface area contributed by atoms with E-state index in [2.05, 4.69) is 10.2 Å². The third kappa shape index (κ3) is 2.90. The van der Waals surface area contributed by atoms with Crippen molar-refractivity contribution in [2.24, 2.45) is 0 Å². The summed E-state index contributed by atoms with van der Waals surface area (Å²) in [4.78, 5) is 16.3. The molecule has 0 saturated carbocycles. The standard InChI is InChI=1S/C11H21N3OS/c1-16-9-11(15)14-5-2-10(8-14)13-6-3-12-4-7-13/h10,12H,2-9H2,1H3. The fourth-order valence-electron chi connectivity index (χ4n) is 2.53. The van der Waals surface area contributed by atoms with Crippen molar-refractivity contribution in [3.05, 3.63) is 0 Å². The Morgan fingerprint density at radius 2 is 2.12 bits per heavy atom. The minimum Gasteiger partial charge on any atom is -0.340 e. The van der Waals surface area contributed by atoms with Crippen LogP contribution in [-0.4, -0.2) is 73.0 Å². The van der Waals surface area contributed by atoms with Gasteiger partial charge in [0.15, 0.2) is 0 Å². The van der Waals surface area contributed by atoms with Crippen molar-refractivity contribution in [2.45, 2.75) is 12.5 Å². The predicted molar refractivity (Wildman–Crippen MR) is 67.8 cm³/mol. The molecule has 2 aliphatic heterocycles. The average molecular weight is 243 g/mol. The second kappa shape index (κ2) is 5.89. The normalized spacial score (nSPS) is 27.3. The summed E-state index contributed by atoms with van der Waals surface area (Å²) in [5.74, 6) is 0.944. The van der Waals surface area contributed by atoms with Crippen LogP contribution in [0.3, 0.4) is 0 Å². The van der Waals surface area contributed by atoms with E-state index in [4.69, 9.17) is 0 Å². The molecule has 1 amide bonds. The van der Waals surface area contributed by atoms with E-state index < -0.39 is 0 Å². The number of amides is 1. The lowest BCUT2D eigenvalue weighted by atomic mass is 10.2. The first-order chi connectivity index (χ1) is 7.81. The van der Waals surface area contributed by atoms with Crippen molar-refractivity contribution in [1.29, 1.82) is 0 Å². The lowest BCUT2D eigenvalue weighted by Crippen LogP contribution is -2.49. The highest BCUT2D eigenvalue weighted by molar-refractivity contribution is 7.99. The Bertz CT molecular complexity index is 243. The van der Waals surface area contributed by atoms with Gasteiger partial charge in [-0.1, -0.05) is 0 Å². The van der Waals surface area contributed by atoms with Crippen LogP contribution < -0.4 is 5.32 Å². The van der Waals surface area contributed by atoms with E-state index in [1.165, 1.54) is 0 Å². The van der Waals surface area contributed by atoms with E-state index in [0.717, 1.165) is 45.7 Å². The highest BCUT2D eigenvalue weighted by atomic mass is 32.2. The van der Waals surface area contributed by atoms with Gasteiger partial charge in [-0.15, -0.1) is 0 Å². The molecule has 0 radical (unpaired) electrons. The maximum absolute atomic E-state index is 11.7. The Balaban J connectivity index is 1.80. The molecule has 2 aliphatic rings. The van der Waals surface area contributed by atoms with Gasteiger partial charge in [0.2, 0.25) is 5.91 Å². The number of rotatable bonds is 3. The maximum atomic E-state index is 11.7. The van der Waals surface area contributed by atoms with E-state index >= 15 is 0 Å². The minimum atomic E-state index is 0.310. The van der Waals surface area contributed by atoms with Gasteiger partial charge in [0.1, 0.15) is 0 Å². The van der Waals surface area contributed by atoms with Gasteiger partial charge >= 0.3 is 0 Å². The smallest absolute Gasteiger partial charge is 0.232 e. The zero-order valence-electron chi connectivity index (χ0n) is 9.95. The number of piperazine rings is 1. The van der Waals surface area contributed by atoms with Gasteiger partial charge in [-0.25, -0.2) is 0 Å². The van der Waals surface area contributed by atoms with Crippen LogP contribution in [0.4, 0.5) is 0 Å². The Morgan fingerprint density at radius 1 is 1.38 bits per heavy atom. The van der Waals surface area contributed by atoms with Gasteiger partial charge in [-0.05, 0) is 12.7 Å². The second-order valence-corrected chi connectivity index (χ2v) is 5.37. The van der Waals surface area contributed by atoms with Crippen LogP contribution in [0, 0.1) is 0 Å². The Kier molecular flexibility index (Phi) is 4.49. The number of likely N-dealkylation sites (tertiary alicyclic amines) is 1. The van der Waals surface area contributed by atoms with E-state index in [0.29, 0.717) is 17.7 Å². The topological polar surface area (TPSA) is 35.6 Å². The van der Waals surface area contributed by atoms with Crippen molar-refractivity contribution in [3.8, 4) is 0 Å². The molecule has 2 fully saturated rings. The molecule has 92 valence electrons. The van der Waals surface area contributed by atoms with Crippen LogP contribution in [0.5, 0.6) is 0 Å². The molecule has 0 bridgehead atoms. The van der Waals surface area contributed by atoms with Gasteiger partial charge in [0, 0.05) is 45.3 Å². The van der Waals surface area contributed by atoms with Crippen molar-refractivity contribution in [1.82, 2.24) is 15.1 Å². The SMILES string of the molecule is CSCC(=O)N1CCC(N2CCNCC2)C1. The molecule has 16 heavy (non-hydrogen) atoms. The van der Waals surface area contributed by atoms with Gasteiger partial charge in [0.25, 0.3) is 0 Å². The number of nitrogens with zero attached hydrogens (tertiary/aromatic N) is 2. The number of hydrogen-bond donors (Lipinski definition) is 1. The van der Waals surface area contributed by atoms with E-state index in [1.54, 1.807) is 11.8 Å². The third-order valence-corrected chi connectivity index (χ3v) is 3.99. The molecule has 1 unspecified atom stereocenters. The maximum Gasteiger partial charge on any atom is 0.232 e. The molecule has 0 aliphatic carbocycles. The zero-order valence-corrected chi connectivity index (χ0v) is 10.8. The molecule has 0 aromatic rings. The van der Waals surface area contributed by atoms with Crippen LogP contribution >= 0.6 is 11.8 Å². The molecule has 5 heteroatoms. The summed E-state index contributed by atoms with van der Waals surface area (Å²) in [7, 11) is 0. The Hall–Kier alpha value is -0.260. The predicted octanol–water partition coefficient (Wildman–Crippen LogP) is -0.144. The monoisotopic (exact) mass is 243 g/mol. The zero-order chi connectivity index (χ0) is 11.4. The van der Waals surface area contributed by atoms with Crippen molar-refractivity contribution < 1.29 is 4.79 Å². The summed E-state index contributed by atoms with van der Waals surface area (Å²) >= 11 is 1.62. The molecule has 2 heterocycles. The van der Waals surface area contributed by atoms with E-state index in [1.807, 2.05) is 11.2 Å². The number of carbonyl (C=O) groups is 1.